The highest BCUT2D eigenvalue weighted by Crippen LogP contribution is 2.35. The van der Waals surface area contributed by atoms with Crippen LogP contribution in [0.3, 0.4) is 0 Å². The van der Waals surface area contributed by atoms with E-state index in [1.165, 1.54) is 22.3 Å². The first-order valence-electron chi connectivity index (χ1n) is 12.3. The minimum absolute atomic E-state index is 0.210. The number of allylic oxidation sites excluding steroid dienone is 18. The molecule has 0 spiro atoms. The Balaban J connectivity index is 1.73. The van der Waals surface area contributed by atoms with Crippen LogP contribution in [0.25, 0.3) is 0 Å². The van der Waals surface area contributed by atoms with Crippen LogP contribution in [0, 0.1) is 23.2 Å². The van der Waals surface area contributed by atoms with Crippen LogP contribution in [0.5, 0.6) is 0 Å². The number of nitrogens with one attached hydrogen (secondary N) is 1. The highest BCUT2D eigenvalue weighted by Gasteiger charge is 2.27. The van der Waals surface area contributed by atoms with E-state index < -0.39 is 0 Å². The molecule has 1 N–H and O–H groups in total. The lowest BCUT2D eigenvalue weighted by Crippen LogP contribution is -2.25. The molecule has 1 nitrogen and oxygen atoms in total. The van der Waals surface area contributed by atoms with Gasteiger partial charge in [0.1, 0.15) is 0 Å². The summed E-state index contributed by atoms with van der Waals surface area (Å²) in [6, 6.07) is 0. The van der Waals surface area contributed by atoms with Crippen molar-refractivity contribution in [3.8, 4) is 0 Å². The van der Waals surface area contributed by atoms with Crippen molar-refractivity contribution in [2.24, 2.45) is 17.8 Å². The van der Waals surface area contributed by atoms with Crippen molar-refractivity contribution in [1.82, 2.24) is 0 Å². The van der Waals surface area contributed by atoms with Crippen LogP contribution in [0.1, 0.15) is 59.3 Å². The zero-order valence-corrected chi connectivity index (χ0v) is 20.1. The zero-order chi connectivity index (χ0) is 22.8. The van der Waals surface area contributed by atoms with E-state index in [4.69, 9.17) is 5.41 Å². The van der Waals surface area contributed by atoms with Crippen molar-refractivity contribution in [1.29, 1.82) is 5.41 Å². The van der Waals surface area contributed by atoms with Gasteiger partial charge in [-0.1, -0.05) is 105 Å². The number of rotatable bonds is 8. The van der Waals surface area contributed by atoms with E-state index in [0.717, 1.165) is 44.2 Å². The first kappa shape index (κ1) is 24.0. The van der Waals surface area contributed by atoms with Crippen molar-refractivity contribution in [2.45, 2.75) is 59.3 Å². The largest absolute Gasteiger partial charge is 0.309 e. The van der Waals surface area contributed by atoms with Gasteiger partial charge in [0.25, 0.3) is 0 Å². The summed E-state index contributed by atoms with van der Waals surface area (Å²) in [5.41, 5.74) is 6.25. The van der Waals surface area contributed by atoms with Crippen molar-refractivity contribution in [2.75, 3.05) is 0 Å². The Hall–Kier alpha value is -2.67. The second-order valence-corrected chi connectivity index (χ2v) is 9.07. The van der Waals surface area contributed by atoms with E-state index in [9.17, 15) is 0 Å². The van der Waals surface area contributed by atoms with Crippen LogP contribution < -0.4 is 0 Å². The Bertz CT molecular complexity index is 939. The summed E-state index contributed by atoms with van der Waals surface area (Å²) in [6.07, 6.45) is 37.9. The third-order valence-corrected chi connectivity index (χ3v) is 6.66. The van der Waals surface area contributed by atoms with Gasteiger partial charge >= 0.3 is 0 Å². The fraction of sp³-hybridized carbons (Fsp3) is 0.387. The van der Waals surface area contributed by atoms with Gasteiger partial charge in [-0.25, -0.2) is 0 Å². The van der Waals surface area contributed by atoms with Crippen molar-refractivity contribution in [3.63, 3.8) is 0 Å². The molecule has 3 atom stereocenters. The molecule has 0 aliphatic heterocycles. The van der Waals surface area contributed by atoms with Crippen LogP contribution in [0.2, 0.25) is 0 Å². The summed E-state index contributed by atoms with van der Waals surface area (Å²) in [4.78, 5) is 0. The summed E-state index contributed by atoms with van der Waals surface area (Å²) in [7, 11) is 0. The Morgan fingerprint density at radius 1 is 1.06 bits per heavy atom. The van der Waals surface area contributed by atoms with Gasteiger partial charge in [-0.15, -0.1) is 0 Å². The maximum Gasteiger partial charge on any atom is 0.0185 e. The Morgan fingerprint density at radius 3 is 2.62 bits per heavy atom. The average molecular weight is 426 g/mol. The van der Waals surface area contributed by atoms with Gasteiger partial charge in [-0.3, -0.25) is 0 Å². The predicted octanol–water partition coefficient (Wildman–Crippen LogP) is 8.78. The molecule has 0 aromatic heterocycles. The van der Waals surface area contributed by atoms with E-state index in [0.29, 0.717) is 11.8 Å². The fourth-order valence-corrected chi connectivity index (χ4v) is 4.65. The van der Waals surface area contributed by atoms with Crippen LogP contribution in [0.15, 0.2) is 107 Å². The summed E-state index contributed by atoms with van der Waals surface area (Å²) < 4.78 is 0. The molecule has 3 aliphatic rings. The Labute approximate surface area is 195 Å². The molecule has 0 aromatic rings. The van der Waals surface area contributed by atoms with Gasteiger partial charge < -0.3 is 5.41 Å². The van der Waals surface area contributed by atoms with Gasteiger partial charge in [-0.2, -0.15) is 0 Å². The topological polar surface area (TPSA) is 23.9 Å². The molecule has 0 radical (unpaired) electrons. The molecule has 0 saturated carbocycles. The van der Waals surface area contributed by atoms with Crippen LogP contribution >= 0.6 is 0 Å². The van der Waals surface area contributed by atoms with Gasteiger partial charge in [0.05, 0.1) is 0 Å². The molecule has 168 valence electrons. The highest BCUT2D eigenvalue weighted by molar-refractivity contribution is 5.88. The van der Waals surface area contributed by atoms with Gasteiger partial charge in [0.15, 0.2) is 0 Å². The fourth-order valence-electron chi connectivity index (χ4n) is 4.65. The normalized spacial score (nSPS) is 26.8. The molecule has 0 saturated heterocycles. The molecule has 0 bridgehead atoms. The molecule has 32 heavy (non-hydrogen) atoms. The molecule has 2 unspecified atom stereocenters. The lowest BCUT2D eigenvalue weighted by Gasteiger charge is -2.31. The lowest BCUT2D eigenvalue weighted by molar-refractivity contribution is 0.471. The first-order valence-corrected chi connectivity index (χ1v) is 12.3. The van der Waals surface area contributed by atoms with Gasteiger partial charge in [0, 0.05) is 11.6 Å². The highest BCUT2D eigenvalue weighted by atomic mass is 14.5. The van der Waals surface area contributed by atoms with E-state index in [2.05, 4.69) is 92.8 Å². The molecule has 0 amide bonds. The Morgan fingerprint density at radius 2 is 1.94 bits per heavy atom. The molecule has 3 rings (SSSR count). The standard InChI is InChI=1S/C31H39N/c1-4-6-8-13-25-18-20-28(21-19-25)30-22-29(24(3)31(32)23-30)17-11-16-26(12-5-2)27-14-9-7-10-15-27/h4,6,8-9,11,13-20,22,24,28,30,32H,5,7,10,12,21,23H2,1-3H3/b6-4-,13-8+,17-11+,26-16+,32-31?/t24-,28?,30?/m1/s1. The predicted molar refractivity (Wildman–Crippen MR) is 141 cm³/mol. The summed E-state index contributed by atoms with van der Waals surface area (Å²) in [5.74, 6) is 1.10. The van der Waals surface area contributed by atoms with E-state index in [-0.39, 0.29) is 5.92 Å². The molecular weight excluding hydrogens is 386 g/mol. The molecular formula is C31H39N. The molecule has 0 aromatic carbocycles. The van der Waals surface area contributed by atoms with Crippen LogP contribution in [-0.4, -0.2) is 5.71 Å². The van der Waals surface area contributed by atoms with Gasteiger partial charge in [-0.05, 0) is 73.2 Å². The molecule has 0 fully saturated rings. The number of hydrogen-bond donors (Lipinski definition) is 1. The zero-order valence-electron chi connectivity index (χ0n) is 20.1. The van der Waals surface area contributed by atoms with Gasteiger partial charge in [0.2, 0.25) is 0 Å². The maximum atomic E-state index is 8.61. The maximum absolute atomic E-state index is 8.61. The summed E-state index contributed by atoms with van der Waals surface area (Å²) >= 11 is 0. The van der Waals surface area contributed by atoms with E-state index in [1.54, 1.807) is 0 Å². The third kappa shape index (κ3) is 6.66. The second-order valence-electron chi connectivity index (χ2n) is 9.07. The summed E-state index contributed by atoms with van der Waals surface area (Å²) in [6.45, 7) is 6.46. The minimum atomic E-state index is 0.210. The smallest absolute Gasteiger partial charge is 0.0185 e. The number of hydrogen-bond acceptors (Lipinski definition) is 1. The monoisotopic (exact) mass is 425 g/mol. The summed E-state index contributed by atoms with van der Waals surface area (Å²) in [5, 5.41) is 8.61. The van der Waals surface area contributed by atoms with Crippen LogP contribution in [0.4, 0.5) is 0 Å². The Kier molecular flexibility index (Phi) is 9.28. The van der Waals surface area contributed by atoms with Crippen molar-refractivity contribution < 1.29 is 0 Å². The quantitative estimate of drug-likeness (QED) is 0.376. The second kappa shape index (κ2) is 12.4. The SMILES string of the molecule is C/C=C\C=C\C1=CCC(C2C=C(/C=C/C=C(\CCC)C3=CCCC=C3)[C@@H](C)C(=N)C2)C=C1. The molecule has 0 heterocycles. The molecule has 3 aliphatic carbocycles. The minimum Gasteiger partial charge on any atom is -0.309 e. The average Bonchev–Trinajstić information content (AvgIpc) is 2.82. The van der Waals surface area contributed by atoms with E-state index >= 15 is 0 Å². The van der Waals surface area contributed by atoms with E-state index in [1.807, 2.05) is 13.0 Å². The van der Waals surface area contributed by atoms with Crippen LogP contribution in [-0.2, 0) is 0 Å². The first-order chi connectivity index (χ1) is 15.6. The van der Waals surface area contributed by atoms with Crippen molar-refractivity contribution in [3.05, 3.63) is 107 Å². The third-order valence-electron chi connectivity index (χ3n) is 6.66. The lowest BCUT2D eigenvalue weighted by atomic mass is 9.74. The molecule has 1 heteroatoms. The van der Waals surface area contributed by atoms with Crippen molar-refractivity contribution >= 4 is 5.71 Å².